The summed E-state index contributed by atoms with van der Waals surface area (Å²) < 4.78 is 64.4. The van der Waals surface area contributed by atoms with Crippen molar-refractivity contribution in [1.29, 1.82) is 0 Å². The van der Waals surface area contributed by atoms with Crippen LogP contribution in [0.5, 0.6) is 0 Å². The Balaban J connectivity index is 2.34. The average Bonchev–Trinajstić information content (AvgIpc) is 2.68. The molecule has 1 unspecified atom stereocenters. The summed E-state index contributed by atoms with van der Waals surface area (Å²) in [4.78, 5) is 7.15. The van der Waals surface area contributed by atoms with Crippen molar-refractivity contribution in [2.45, 2.75) is 43.2 Å². The summed E-state index contributed by atoms with van der Waals surface area (Å²) in [5.74, 6) is -4.15. The molecule has 0 amide bonds. The van der Waals surface area contributed by atoms with Crippen LogP contribution >= 0.6 is 11.6 Å². The Kier molecular flexibility index (Phi) is 3.68. The summed E-state index contributed by atoms with van der Waals surface area (Å²) in [7, 11) is 0. The van der Waals surface area contributed by atoms with Crippen molar-refractivity contribution in [2.75, 3.05) is 0 Å². The highest BCUT2D eigenvalue weighted by Gasteiger charge is 2.42. The molecule has 106 valence electrons. The fourth-order valence-electron chi connectivity index (χ4n) is 2.13. The summed E-state index contributed by atoms with van der Waals surface area (Å²) in [5.41, 5.74) is -1.38. The quantitative estimate of drug-likeness (QED) is 0.606. The van der Waals surface area contributed by atoms with Crippen LogP contribution in [-0.2, 0) is 12.1 Å². The highest BCUT2D eigenvalue weighted by molar-refractivity contribution is 6.17. The molecule has 1 aromatic heterocycles. The van der Waals surface area contributed by atoms with Gasteiger partial charge >= 0.3 is 6.18 Å². The number of hydrogen-bond acceptors (Lipinski definition) is 2. The van der Waals surface area contributed by atoms with Crippen LogP contribution in [0.4, 0.5) is 22.0 Å². The van der Waals surface area contributed by atoms with Crippen molar-refractivity contribution in [3.8, 4) is 0 Å². The predicted octanol–water partition coefficient (Wildman–Crippen LogP) is 4.14. The summed E-state index contributed by atoms with van der Waals surface area (Å²) in [6, 6.07) is 0. The highest BCUT2D eigenvalue weighted by Crippen LogP contribution is 2.43. The molecule has 1 saturated carbocycles. The van der Waals surface area contributed by atoms with Gasteiger partial charge in [-0.3, -0.25) is 0 Å². The zero-order valence-electron chi connectivity index (χ0n) is 9.65. The van der Waals surface area contributed by atoms with E-state index >= 15 is 0 Å². The van der Waals surface area contributed by atoms with Gasteiger partial charge in [0.25, 0.3) is 0 Å². The van der Waals surface area contributed by atoms with E-state index < -0.39 is 30.1 Å². The first kappa shape index (κ1) is 14.4. The molecule has 0 spiro atoms. The molecule has 19 heavy (non-hydrogen) atoms. The van der Waals surface area contributed by atoms with E-state index in [1.54, 1.807) is 0 Å². The van der Waals surface area contributed by atoms with Crippen molar-refractivity contribution in [2.24, 2.45) is 0 Å². The first-order valence-electron chi connectivity index (χ1n) is 5.60. The first-order valence-corrected chi connectivity index (χ1v) is 6.13. The van der Waals surface area contributed by atoms with Crippen molar-refractivity contribution < 1.29 is 22.0 Å². The van der Waals surface area contributed by atoms with Crippen LogP contribution in [-0.4, -0.2) is 15.9 Å². The molecular weight excluding hydrogens is 291 g/mol. The maximum Gasteiger partial charge on any atom is 0.433 e. The third-order valence-electron chi connectivity index (χ3n) is 3.06. The molecule has 0 radical (unpaired) electrons. The third-order valence-corrected chi connectivity index (χ3v) is 3.35. The smallest absolute Gasteiger partial charge is 0.241 e. The fourth-order valence-corrected chi connectivity index (χ4v) is 2.33. The van der Waals surface area contributed by atoms with Gasteiger partial charge in [0.05, 0.1) is 5.88 Å². The van der Waals surface area contributed by atoms with Gasteiger partial charge in [-0.05, 0) is 6.42 Å². The van der Waals surface area contributed by atoms with Gasteiger partial charge in [-0.15, -0.1) is 11.6 Å². The molecule has 1 fully saturated rings. The summed E-state index contributed by atoms with van der Waals surface area (Å²) in [6.07, 6.45) is -4.47. The van der Waals surface area contributed by atoms with Gasteiger partial charge in [-0.25, -0.2) is 18.7 Å². The second kappa shape index (κ2) is 4.85. The minimum Gasteiger partial charge on any atom is -0.241 e. The van der Waals surface area contributed by atoms with E-state index in [0.29, 0.717) is 0 Å². The van der Waals surface area contributed by atoms with E-state index in [1.165, 1.54) is 0 Å². The van der Waals surface area contributed by atoms with Crippen LogP contribution in [0.2, 0.25) is 0 Å². The normalized spacial score (nSPS) is 22.7. The standard InChI is InChI=1S/C11H10ClF5N2/c12-4-7-5-18-9(19-8(7)11(15,16)17)6-1-2-10(13,14)3-6/h5-6H,1-4H2. The van der Waals surface area contributed by atoms with Gasteiger partial charge in [0.15, 0.2) is 5.69 Å². The lowest BCUT2D eigenvalue weighted by Gasteiger charge is -2.14. The van der Waals surface area contributed by atoms with Gasteiger partial charge in [-0.1, -0.05) is 0 Å². The molecule has 1 heterocycles. The molecule has 0 saturated heterocycles. The molecule has 1 aliphatic carbocycles. The molecule has 0 bridgehead atoms. The fraction of sp³-hybridized carbons (Fsp3) is 0.636. The number of halogens is 6. The van der Waals surface area contributed by atoms with E-state index in [9.17, 15) is 22.0 Å². The summed E-state index contributed by atoms with van der Waals surface area (Å²) in [6.45, 7) is 0. The highest BCUT2D eigenvalue weighted by atomic mass is 35.5. The van der Waals surface area contributed by atoms with Gasteiger partial charge in [-0.2, -0.15) is 13.2 Å². The average molecular weight is 301 g/mol. The Morgan fingerprint density at radius 2 is 2.05 bits per heavy atom. The zero-order chi connectivity index (χ0) is 14.3. The van der Waals surface area contributed by atoms with Crippen molar-refractivity contribution in [1.82, 2.24) is 9.97 Å². The molecule has 0 aliphatic heterocycles. The lowest BCUT2D eigenvalue weighted by atomic mass is 10.1. The largest absolute Gasteiger partial charge is 0.433 e. The lowest BCUT2D eigenvalue weighted by Crippen LogP contribution is -2.16. The SMILES string of the molecule is FC1(F)CCC(c2ncc(CCl)c(C(F)(F)F)n2)C1. The predicted molar refractivity (Wildman–Crippen MR) is 58.1 cm³/mol. The number of nitrogens with zero attached hydrogens (tertiary/aromatic N) is 2. The van der Waals surface area contributed by atoms with Crippen LogP contribution in [0.25, 0.3) is 0 Å². The lowest BCUT2D eigenvalue weighted by molar-refractivity contribution is -0.142. The Labute approximate surface area is 111 Å². The van der Waals surface area contributed by atoms with E-state index in [1.807, 2.05) is 0 Å². The van der Waals surface area contributed by atoms with Crippen LogP contribution < -0.4 is 0 Å². The molecular formula is C11H10ClF5N2. The molecule has 2 nitrogen and oxygen atoms in total. The minimum atomic E-state index is -4.66. The Morgan fingerprint density at radius 1 is 1.37 bits per heavy atom. The second-order valence-electron chi connectivity index (χ2n) is 4.53. The van der Waals surface area contributed by atoms with Crippen LogP contribution in [0.1, 0.15) is 42.3 Å². The van der Waals surface area contributed by atoms with Gasteiger partial charge in [0.2, 0.25) is 5.92 Å². The molecule has 0 aromatic carbocycles. The van der Waals surface area contributed by atoms with Crippen LogP contribution in [0, 0.1) is 0 Å². The maximum absolute atomic E-state index is 13.1. The first-order chi connectivity index (χ1) is 8.73. The third kappa shape index (κ3) is 3.13. The van der Waals surface area contributed by atoms with Crippen molar-refractivity contribution >= 4 is 11.6 Å². The molecule has 1 aromatic rings. The zero-order valence-corrected chi connectivity index (χ0v) is 10.4. The van der Waals surface area contributed by atoms with Crippen molar-refractivity contribution in [3.63, 3.8) is 0 Å². The Bertz CT molecular complexity index is 475. The maximum atomic E-state index is 13.1. The molecule has 8 heteroatoms. The number of alkyl halides is 6. The summed E-state index contributed by atoms with van der Waals surface area (Å²) in [5, 5.41) is 0. The molecule has 2 rings (SSSR count). The van der Waals surface area contributed by atoms with Gasteiger partial charge in [0.1, 0.15) is 5.82 Å². The van der Waals surface area contributed by atoms with E-state index in [4.69, 9.17) is 11.6 Å². The molecule has 1 aliphatic rings. The molecule has 1 atom stereocenters. The topological polar surface area (TPSA) is 25.8 Å². The molecule has 0 N–H and O–H groups in total. The minimum absolute atomic E-state index is 0.0878. The van der Waals surface area contributed by atoms with E-state index in [0.717, 1.165) is 6.20 Å². The second-order valence-corrected chi connectivity index (χ2v) is 4.80. The van der Waals surface area contributed by atoms with E-state index in [2.05, 4.69) is 9.97 Å². The number of rotatable bonds is 2. The number of aromatic nitrogens is 2. The van der Waals surface area contributed by atoms with Crippen molar-refractivity contribution in [3.05, 3.63) is 23.3 Å². The Hall–Kier alpha value is -0.980. The van der Waals surface area contributed by atoms with E-state index in [-0.39, 0.29) is 30.1 Å². The summed E-state index contributed by atoms with van der Waals surface area (Å²) >= 11 is 5.40. The van der Waals surface area contributed by atoms with Crippen LogP contribution in [0.3, 0.4) is 0 Å². The monoisotopic (exact) mass is 300 g/mol. The Morgan fingerprint density at radius 3 is 2.53 bits per heavy atom. The van der Waals surface area contributed by atoms with Gasteiger partial charge in [0, 0.05) is 30.5 Å². The van der Waals surface area contributed by atoms with Gasteiger partial charge < -0.3 is 0 Å². The van der Waals surface area contributed by atoms with Crippen LogP contribution in [0.15, 0.2) is 6.20 Å². The number of hydrogen-bond donors (Lipinski definition) is 0.